The third-order valence-electron chi connectivity index (χ3n) is 7.88. The molecule has 0 fully saturated rings. The van der Waals surface area contributed by atoms with Gasteiger partial charge in [0.1, 0.15) is 12.4 Å². The molecule has 3 N–H and O–H groups in total. The lowest BCUT2D eigenvalue weighted by molar-refractivity contribution is -0.185. The smallest absolute Gasteiger partial charge is 0.300 e. The number of hydrogen-bond donors (Lipinski definition) is 3. The van der Waals surface area contributed by atoms with Crippen molar-refractivity contribution in [2.75, 3.05) is 165 Å². The number of rotatable bonds is 47. The van der Waals surface area contributed by atoms with Gasteiger partial charge in [-0.05, 0) is 18.6 Å². The fourth-order valence-corrected chi connectivity index (χ4v) is 4.93. The van der Waals surface area contributed by atoms with Gasteiger partial charge >= 0.3 is 0 Å². The fraction of sp³-hybridized carbons (Fsp3) is 0.837. The molecule has 1 unspecified atom stereocenters. The van der Waals surface area contributed by atoms with Crippen LogP contribution in [-0.4, -0.2) is 192 Å². The molecule has 1 aromatic carbocycles. The van der Waals surface area contributed by atoms with Crippen molar-refractivity contribution in [1.29, 1.82) is 0 Å². The average molecular weight is 869 g/mol. The first-order valence-corrected chi connectivity index (χ1v) is 21.6. The lowest BCUT2D eigenvalue weighted by Crippen LogP contribution is -2.41. The molecule has 0 aliphatic rings. The van der Waals surface area contributed by atoms with Gasteiger partial charge in [0.2, 0.25) is 5.79 Å². The van der Waals surface area contributed by atoms with E-state index in [0.29, 0.717) is 164 Å². The molecule has 17 nitrogen and oxygen atoms in total. The number of aliphatic hydroxyl groups is 2. The van der Waals surface area contributed by atoms with Crippen LogP contribution in [0.25, 0.3) is 0 Å². The minimum atomic E-state index is -1.37. The van der Waals surface area contributed by atoms with Gasteiger partial charge < -0.3 is 76.9 Å². The Balaban J connectivity index is 0.00000829. The summed E-state index contributed by atoms with van der Waals surface area (Å²) in [6.07, 6.45) is 8.68. The molecule has 354 valence electrons. The molecule has 0 aromatic heterocycles. The van der Waals surface area contributed by atoms with E-state index in [9.17, 15) is 5.11 Å². The normalized spacial score (nSPS) is 12.3. The topological polar surface area (TPSA) is 198 Å². The quantitative estimate of drug-likeness (QED) is 0.0623. The highest BCUT2D eigenvalue weighted by Crippen LogP contribution is 2.23. The van der Waals surface area contributed by atoms with Crippen LogP contribution in [0.15, 0.2) is 30.3 Å². The van der Waals surface area contributed by atoms with Crippen molar-refractivity contribution >= 4 is 5.97 Å². The zero-order valence-corrected chi connectivity index (χ0v) is 36.8. The zero-order valence-electron chi connectivity index (χ0n) is 36.8. The third-order valence-corrected chi connectivity index (χ3v) is 7.88. The molecular formula is C43H80O17. The summed E-state index contributed by atoms with van der Waals surface area (Å²) in [7, 11) is 0. The zero-order chi connectivity index (χ0) is 43.7. The van der Waals surface area contributed by atoms with E-state index in [2.05, 4.69) is 6.92 Å². The van der Waals surface area contributed by atoms with E-state index >= 15 is 0 Å². The second-order valence-corrected chi connectivity index (χ2v) is 13.3. The molecule has 1 aromatic rings. The Hall–Kier alpha value is -2.07. The van der Waals surface area contributed by atoms with Crippen molar-refractivity contribution in [3.05, 3.63) is 30.3 Å². The molecule has 1 rings (SSSR count). The third kappa shape index (κ3) is 47.0. The summed E-state index contributed by atoms with van der Waals surface area (Å²) in [6, 6.07) is 9.39. The van der Waals surface area contributed by atoms with Crippen LogP contribution in [-0.2, 0) is 61.6 Å². The molecule has 0 aliphatic heterocycles. The van der Waals surface area contributed by atoms with Crippen molar-refractivity contribution in [2.45, 2.75) is 71.0 Å². The Morgan fingerprint density at radius 3 is 1.07 bits per heavy atom. The Bertz CT molecular complexity index is 976. The molecule has 60 heavy (non-hydrogen) atoms. The summed E-state index contributed by atoms with van der Waals surface area (Å²) in [5, 5.41) is 27.2. The molecule has 0 saturated carbocycles. The first-order chi connectivity index (χ1) is 29.4. The summed E-state index contributed by atoms with van der Waals surface area (Å²) in [5.41, 5.74) is 0. The standard InChI is InChI=1S/C41H76O15.C2H4O2/c1-2-3-4-5-6-7-11-14-41(43,56-40-12-9-8-10-13-40)39-55-38-37-54-36-35-53-34-33-52-32-31-51-30-29-50-28-27-49-26-25-48-24-23-47-22-21-46-20-19-45-18-17-44-16-15-42;1-2(3)4/h8-10,12-13,42-43H,2-7,11,14-39H2,1H3;1H3,(H,3,4). The first kappa shape index (κ1) is 57.9. The van der Waals surface area contributed by atoms with Crippen LogP contribution in [0.2, 0.25) is 0 Å². The van der Waals surface area contributed by atoms with Crippen LogP contribution in [0, 0.1) is 0 Å². The summed E-state index contributed by atoms with van der Waals surface area (Å²) < 4.78 is 71.7. The number of para-hydroxylation sites is 1. The minimum Gasteiger partial charge on any atom is -0.481 e. The SMILES string of the molecule is CC(=O)O.CCCCCCCCCC(O)(COCCOCCOCCOCCOCCOCCOCCOCCOCCOCCOCCOCCO)Oc1ccccc1. The van der Waals surface area contributed by atoms with Crippen LogP contribution < -0.4 is 4.74 Å². The Morgan fingerprint density at radius 1 is 0.467 bits per heavy atom. The minimum absolute atomic E-state index is 0.0214. The number of unbranched alkanes of at least 4 members (excludes halogenated alkanes) is 6. The Morgan fingerprint density at radius 2 is 0.750 bits per heavy atom. The Labute approximate surface area is 359 Å². The van der Waals surface area contributed by atoms with E-state index < -0.39 is 11.8 Å². The van der Waals surface area contributed by atoms with Gasteiger partial charge in [0, 0.05) is 13.3 Å². The lowest BCUT2D eigenvalue weighted by atomic mass is 10.0. The van der Waals surface area contributed by atoms with Crippen LogP contribution in [0.1, 0.15) is 65.2 Å². The van der Waals surface area contributed by atoms with Crippen molar-refractivity contribution in [2.24, 2.45) is 0 Å². The fourth-order valence-electron chi connectivity index (χ4n) is 4.93. The molecule has 0 heterocycles. The number of carbonyl (C=O) groups is 1. The molecule has 1 atom stereocenters. The summed E-state index contributed by atoms with van der Waals surface area (Å²) in [4.78, 5) is 9.00. The maximum absolute atomic E-state index is 11.2. The van der Waals surface area contributed by atoms with Crippen LogP contribution in [0.4, 0.5) is 0 Å². The summed E-state index contributed by atoms with van der Waals surface area (Å²) in [6.45, 7) is 14.2. The second-order valence-electron chi connectivity index (χ2n) is 13.3. The molecule has 17 heteroatoms. The number of aliphatic carboxylic acids is 1. The predicted octanol–water partition coefficient (Wildman–Crippen LogP) is 4.18. The number of carboxylic acid groups (broad SMARTS) is 1. The number of ether oxygens (including phenoxy) is 13. The van der Waals surface area contributed by atoms with E-state index in [-0.39, 0.29) is 13.2 Å². The van der Waals surface area contributed by atoms with Crippen molar-refractivity contribution in [3.8, 4) is 5.75 Å². The van der Waals surface area contributed by atoms with Gasteiger partial charge in [0.25, 0.3) is 5.97 Å². The van der Waals surface area contributed by atoms with E-state index in [1.807, 2.05) is 30.3 Å². The molecule has 0 spiro atoms. The molecule has 0 amide bonds. The first-order valence-electron chi connectivity index (χ1n) is 21.6. The van der Waals surface area contributed by atoms with E-state index in [4.69, 9.17) is 76.6 Å². The summed E-state index contributed by atoms with van der Waals surface area (Å²) >= 11 is 0. The maximum atomic E-state index is 11.2. The van der Waals surface area contributed by atoms with Gasteiger partial charge in [-0.25, -0.2) is 0 Å². The van der Waals surface area contributed by atoms with Crippen LogP contribution in [0.5, 0.6) is 5.75 Å². The molecule has 0 aliphatic carbocycles. The van der Waals surface area contributed by atoms with Gasteiger partial charge in [-0.15, -0.1) is 0 Å². The van der Waals surface area contributed by atoms with Gasteiger partial charge in [-0.1, -0.05) is 63.6 Å². The largest absolute Gasteiger partial charge is 0.481 e. The number of carboxylic acids is 1. The van der Waals surface area contributed by atoms with Gasteiger partial charge in [-0.2, -0.15) is 0 Å². The second kappa shape index (κ2) is 48.0. The highest BCUT2D eigenvalue weighted by molar-refractivity contribution is 5.62. The molecule has 0 saturated heterocycles. The number of aliphatic hydroxyl groups excluding tert-OH is 1. The van der Waals surface area contributed by atoms with E-state index in [0.717, 1.165) is 19.8 Å². The van der Waals surface area contributed by atoms with E-state index in [1.54, 1.807) is 0 Å². The van der Waals surface area contributed by atoms with Crippen LogP contribution >= 0.6 is 0 Å². The van der Waals surface area contributed by atoms with Crippen molar-refractivity contribution in [1.82, 2.24) is 0 Å². The number of hydrogen-bond acceptors (Lipinski definition) is 16. The summed E-state index contributed by atoms with van der Waals surface area (Å²) in [5.74, 6) is -1.57. The lowest BCUT2D eigenvalue weighted by Gasteiger charge is -2.29. The highest BCUT2D eigenvalue weighted by Gasteiger charge is 2.29. The average Bonchev–Trinajstić information content (AvgIpc) is 3.23. The molecule has 0 radical (unpaired) electrons. The highest BCUT2D eigenvalue weighted by atomic mass is 16.7. The van der Waals surface area contributed by atoms with Gasteiger partial charge in [-0.3, -0.25) is 4.79 Å². The molecular weight excluding hydrogens is 788 g/mol. The van der Waals surface area contributed by atoms with E-state index in [1.165, 1.54) is 32.1 Å². The predicted molar refractivity (Wildman–Crippen MR) is 225 cm³/mol. The monoisotopic (exact) mass is 869 g/mol. The maximum Gasteiger partial charge on any atom is 0.300 e. The van der Waals surface area contributed by atoms with Crippen molar-refractivity contribution < 1.29 is 81.7 Å². The Kier molecular flexibility index (Phi) is 46.3. The number of benzene rings is 1. The van der Waals surface area contributed by atoms with Crippen molar-refractivity contribution in [3.63, 3.8) is 0 Å². The molecule has 0 bridgehead atoms. The van der Waals surface area contributed by atoms with Crippen LogP contribution in [0.3, 0.4) is 0 Å². The van der Waals surface area contributed by atoms with Gasteiger partial charge in [0.05, 0.1) is 159 Å². The van der Waals surface area contributed by atoms with Gasteiger partial charge in [0.15, 0.2) is 0 Å².